The molecule has 2 rings (SSSR count). The van der Waals surface area contributed by atoms with Gasteiger partial charge in [0.25, 0.3) is 0 Å². The smallest absolute Gasteiger partial charge is 0.218 e. The Morgan fingerprint density at radius 2 is 2.11 bits per heavy atom. The van der Waals surface area contributed by atoms with Gasteiger partial charge in [0.1, 0.15) is 11.1 Å². The van der Waals surface area contributed by atoms with Crippen LogP contribution in [0.5, 0.6) is 0 Å². The minimum Gasteiger partial charge on any atom is -0.391 e. The molecule has 0 aromatic heterocycles. The number of ether oxygens (including phenoxy) is 1. The molecule has 0 saturated carbocycles. The zero-order valence-electron chi connectivity index (χ0n) is 10.4. The second-order valence-corrected chi connectivity index (χ2v) is 6.80. The lowest BCUT2D eigenvalue weighted by Gasteiger charge is -2.31. The molecule has 1 fully saturated rings. The van der Waals surface area contributed by atoms with E-state index in [0.717, 1.165) is 5.56 Å². The van der Waals surface area contributed by atoms with E-state index in [1.165, 1.54) is 4.31 Å². The molecule has 7 heteroatoms. The highest BCUT2D eigenvalue weighted by Crippen LogP contribution is 2.15. The molecule has 1 aromatic carbocycles. The number of hydrogen-bond acceptors (Lipinski definition) is 4. The summed E-state index contributed by atoms with van der Waals surface area (Å²) >= 11 is 4.85. The van der Waals surface area contributed by atoms with E-state index >= 15 is 0 Å². The maximum absolute atomic E-state index is 12.3. The van der Waals surface area contributed by atoms with Gasteiger partial charge in [-0.25, -0.2) is 8.42 Å². The Labute approximate surface area is 118 Å². The summed E-state index contributed by atoms with van der Waals surface area (Å²) in [5.74, 6) is -0.0160. The van der Waals surface area contributed by atoms with Gasteiger partial charge in [-0.2, -0.15) is 4.31 Å². The van der Waals surface area contributed by atoms with Gasteiger partial charge in [-0.1, -0.05) is 42.5 Å². The van der Waals surface area contributed by atoms with Gasteiger partial charge in [-0.15, -0.1) is 0 Å². The van der Waals surface area contributed by atoms with E-state index < -0.39 is 16.1 Å². The summed E-state index contributed by atoms with van der Waals surface area (Å²) < 4.78 is 31.4. The highest BCUT2D eigenvalue weighted by atomic mass is 32.2. The van der Waals surface area contributed by atoms with Gasteiger partial charge in [-0.05, 0) is 5.56 Å². The molecule has 0 amide bonds. The second-order valence-electron chi connectivity index (χ2n) is 4.36. The molecule has 1 atom stereocenters. The van der Waals surface area contributed by atoms with Gasteiger partial charge in [0.05, 0.1) is 12.4 Å². The van der Waals surface area contributed by atoms with Gasteiger partial charge in [0, 0.05) is 13.1 Å². The van der Waals surface area contributed by atoms with Crippen LogP contribution in [-0.4, -0.2) is 43.5 Å². The Hall–Kier alpha value is -1.02. The van der Waals surface area contributed by atoms with E-state index in [-0.39, 0.29) is 17.3 Å². The zero-order chi connectivity index (χ0) is 13.9. The third-order valence-corrected chi connectivity index (χ3v) is 5.01. The third-order valence-electron chi connectivity index (χ3n) is 2.93. The molecule has 19 heavy (non-hydrogen) atoms. The van der Waals surface area contributed by atoms with Crippen LogP contribution in [0.3, 0.4) is 0 Å². The molecular weight excluding hydrogens is 284 g/mol. The summed E-state index contributed by atoms with van der Waals surface area (Å²) in [7, 11) is -3.36. The average molecular weight is 300 g/mol. The molecule has 5 nitrogen and oxygen atoms in total. The first-order valence-corrected chi connectivity index (χ1v) is 7.93. The maximum Gasteiger partial charge on any atom is 0.218 e. The summed E-state index contributed by atoms with van der Waals surface area (Å²) in [6, 6.07) is 9.09. The highest BCUT2D eigenvalue weighted by molar-refractivity contribution is 7.88. The molecule has 1 aliphatic rings. The van der Waals surface area contributed by atoms with Gasteiger partial charge >= 0.3 is 0 Å². The Kier molecular flexibility index (Phi) is 4.51. The summed E-state index contributed by atoms with van der Waals surface area (Å²) in [5, 5.41) is 0. The zero-order valence-corrected chi connectivity index (χ0v) is 12.0. The van der Waals surface area contributed by atoms with Crippen molar-refractivity contribution in [2.24, 2.45) is 5.73 Å². The standard InChI is InChI=1S/C12H16N2O3S2/c13-12(18)11-8-14(6-7-17-11)19(15,16)9-10-4-2-1-3-5-10/h1-5,11H,6-9H2,(H2,13,18). The predicted octanol–water partition coefficient (Wildman–Crippen LogP) is 0.503. The Morgan fingerprint density at radius 3 is 2.74 bits per heavy atom. The summed E-state index contributed by atoms with van der Waals surface area (Å²) in [5.41, 5.74) is 6.27. The van der Waals surface area contributed by atoms with Crippen LogP contribution in [0, 0.1) is 0 Å². The van der Waals surface area contributed by atoms with Gasteiger partial charge in [0.2, 0.25) is 10.0 Å². The first-order valence-electron chi connectivity index (χ1n) is 5.92. The fraction of sp³-hybridized carbons (Fsp3) is 0.417. The van der Waals surface area contributed by atoms with Crippen LogP contribution in [0.2, 0.25) is 0 Å². The summed E-state index contributed by atoms with van der Waals surface area (Å²) in [6.45, 7) is 0.856. The van der Waals surface area contributed by atoms with Crippen molar-refractivity contribution in [2.45, 2.75) is 11.9 Å². The molecule has 104 valence electrons. The number of nitrogens with two attached hydrogens (primary N) is 1. The fourth-order valence-corrected chi connectivity index (χ4v) is 3.58. The van der Waals surface area contributed by atoms with Crippen LogP contribution >= 0.6 is 12.2 Å². The summed E-state index contributed by atoms with van der Waals surface area (Å²) in [4.78, 5) is 0.194. The minimum absolute atomic E-state index is 0.0160. The SMILES string of the molecule is NC(=S)C1CN(S(=O)(=O)Cc2ccccc2)CCO1. The third kappa shape index (κ3) is 3.73. The van der Waals surface area contributed by atoms with E-state index in [1.807, 2.05) is 18.2 Å². The Balaban J connectivity index is 2.09. The van der Waals surface area contributed by atoms with Crippen molar-refractivity contribution < 1.29 is 13.2 Å². The maximum atomic E-state index is 12.3. The van der Waals surface area contributed by atoms with Crippen molar-refractivity contribution >= 4 is 27.2 Å². The molecule has 1 aliphatic heterocycles. The number of rotatable bonds is 4. The number of benzene rings is 1. The van der Waals surface area contributed by atoms with E-state index in [9.17, 15) is 8.42 Å². The number of morpholine rings is 1. The van der Waals surface area contributed by atoms with Crippen molar-refractivity contribution in [3.63, 3.8) is 0 Å². The summed E-state index contributed by atoms with van der Waals surface area (Å²) in [6.07, 6.45) is -0.491. The number of hydrogen-bond donors (Lipinski definition) is 1. The lowest BCUT2D eigenvalue weighted by molar-refractivity contribution is 0.0386. The highest BCUT2D eigenvalue weighted by Gasteiger charge is 2.30. The Bertz CT molecular complexity index is 545. The molecule has 1 heterocycles. The molecule has 1 unspecified atom stereocenters. The van der Waals surface area contributed by atoms with E-state index in [2.05, 4.69) is 0 Å². The average Bonchev–Trinajstić information content (AvgIpc) is 2.39. The Morgan fingerprint density at radius 1 is 1.42 bits per heavy atom. The van der Waals surface area contributed by atoms with Gasteiger partial charge < -0.3 is 10.5 Å². The van der Waals surface area contributed by atoms with Gasteiger partial charge in [0.15, 0.2) is 0 Å². The van der Waals surface area contributed by atoms with Crippen molar-refractivity contribution in [3.05, 3.63) is 35.9 Å². The van der Waals surface area contributed by atoms with Crippen molar-refractivity contribution in [1.29, 1.82) is 0 Å². The van der Waals surface area contributed by atoms with Crippen molar-refractivity contribution in [1.82, 2.24) is 4.31 Å². The normalized spacial score (nSPS) is 21.2. The first-order chi connectivity index (χ1) is 8.99. The molecule has 2 N–H and O–H groups in total. The molecule has 1 aromatic rings. The van der Waals surface area contributed by atoms with Crippen molar-refractivity contribution in [2.75, 3.05) is 19.7 Å². The molecule has 0 spiro atoms. The number of nitrogens with zero attached hydrogens (tertiary/aromatic N) is 1. The van der Waals surface area contributed by atoms with Crippen LogP contribution < -0.4 is 5.73 Å². The molecule has 0 bridgehead atoms. The molecular formula is C12H16N2O3S2. The molecule has 0 aliphatic carbocycles. The van der Waals surface area contributed by atoms with Crippen molar-refractivity contribution in [3.8, 4) is 0 Å². The molecule has 0 radical (unpaired) electrons. The van der Waals surface area contributed by atoms with Gasteiger partial charge in [-0.3, -0.25) is 0 Å². The second kappa shape index (κ2) is 5.96. The van der Waals surface area contributed by atoms with Crippen LogP contribution in [-0.2, 0) is 20.5 Å². The lowest BCUT2D eigenvalue weighted by Crippen LogP contribution is -2.50. The molecule has 1 saturated heterocycles. The number of thiocarbonyl (C=S) groups is 1. The quantitative estimate of drug-likeness (QED) is 0.820. The minimum atomic E-state index is -3.36. The van der Waals surface area contributed by atoms with E-state index in [1.54, 1.807) is 12.1 Å². The van der Waals surface area contributed by atoms with Crippen LogP contribution in [0.25, 0.3) is 0 Å². The number of sulfonamides is 1. The van der Waals surface area contributed by atoms with E-state index in [4.69, 9.17) is 22.7 Å². The topological polar surface area (TPSA) is 72.6 Å². The fourth-order valence-electron chi connectivity index (χ4n) is 1.93. The monoisotopic (exact) mass is 300 g/mol. The van der Waals surface area contributed by atoms with Crippen LogP contribution in [0.1, 0.15) is 5.56 Å². The van der Waals surface area contributed by atoms with E-state index in [0.29, 0.717) is 13.2 Å². The largest absolute Gasteiger partial charge is 0.391 e. The van der Waals surface area contributed by atoms with Crippen LogP contribution in [0.4, 0.5) is 0 Å². The predicted molar refractivity (Wildman–Crippen MR) is 77.2 cm³/mol. The van der Waals surface area contributed by atoms with Crippen LogP contribution in [0.15, 0.2) is 30.3 Å². The first kappa shape index (κ1) is 14.4. The lowest BCUT2D eigenvalue weighted by atomic mass is 10.2.